The first-order chi connectivity index (χ1) is 11.5. The number of carbonyl (C=O) groups excluding carboxylic acids is 2. The van der Waals surface area contributed by atoms with E-state index >= 15 is 0 Å². The lowest BCUT2D eigenvalue weighted by Gasteiger charge is -2.04. The van der Waals surface area contributed by atoms with Gasteiger partial charge in [-0.05, 0) is 54.5 Å². The monoisotopic (exact) mass is 323 g/mol. The molecule has 0 aliphatic rings. The molecule has 122 valence electrons. The standard InChI is InChI=1S/C19H17NO4/c1-13(21)16(11-15-7-9-20-10-8-15)17(22)5-3-14-4-6-18(23)19(12-14)24-2/h3-12,23H,1-2H3. The average Bonchev–Trinajstić information content (AvgIpc) is 2.59. The Kier molecular flexibility index (Phi) is 5.63. The smallest absolute Gasteiger partial charge is 0.189 e. The molecule has 0 amide bonds. The fraction of sp³-hybridized carbons (Fsp3) is 0.105. The summed E-state index contributed by atoms with van der Waals surface area (Å²) in [6.07, 6.45) is 7.60. The molecule has 0 saturated carbocycles. The number of ether oxygens (including phenoxy) is 1. The number of aromatic nitrogens is 1. The van der Waals surface area contributed by atoms with E-state index in [0.717, 1.165) is 5.56 Å². The zero-order valence-corrected chi connectivity index (χ0v) is 13.4. The van der Waals surface area contributed by atoms with E-state index in [1.54, 1.807) is 42.7 Å². The van der Waals surface area contributed by atoms with E-state index in [2.05, 4.69) is 4.98 Å². The zero-order chi connectivity index (χ0) is 17.5. The molecule has 5 nitrogen and oxygen atoms in total. The Labute approximate surface area is 139 Å². The van der Waals surface area contributed by atoms with Crippen LogP contribution in [0.15, 0.2) is 54.4 Å². The Bertz CT molecular complexity index is 807. The summed E-state index contributed by atoms with van der Waals surface area (Å²) in [6, 6.07) is 8.14. The number of methoxy groups -OCH3 is 1. The highest BCUT2D eigenvalue weighted by Crippen LogP contribution is 2.26. The van der Waals surface area contributed by atoms with Crippen LogP contribution in [-0.4, -0.2) is 28.8 Å². The Morgan fingerprint density at radius 2 is 1.83 bits per heavy atom. The van der Waals surface area contributed by atoms with Crippen molar-refractivity contribution < 1.29 is 19.4 Å². The molecule has 24 heavy (non-hydrogen) atoms. The summed E-state index contributed by atoms with van der Waals surface area (Å²) in [5.74, 6) is -0.386. The number of Topliss-reactive ketones (excluding diaryl/α,β-unsaturated/α-hetero) is 1. The lowest BCUT2D eigenvalue weighted by Crippen LogP contribution is -2.07. The normalized spacial score (nSPS) is 11.5. The number of hydrogen-bond acceptors (Lipinski definition) is 5. The summed E-state index contributed by atoms with van der Waals surface area (Å²) in [6.45, 7) is 1.35. The van der Waals surface area contributed by atoms with Crippen molar-refractivity contribution in [3.63, 3.8) is 0 Å². The second kappa shape index (κ2) is 7.87. The van der Waals surface area contributed by atoms with Crippen LogP contribution < -0.4 is 4.74 Å². The van der Waals surface area contributed by atoms with Crippen LogP contribution in [0.1, 0.15) is 18.1 Å². The number of carbonyl (C=O) groups is 2. The van der Waals surface area contributed by atoms with Crippen molar-refractivity contribution in [3.05, 3.63) is 65.5 Å². The molecular formula is C19H17NO4. The molecule has 0 unspecified atom stereocenters. The van der Waals surface area contributed by atoms with Crippen molar-refractivity contribution >= 4 is 23.7 Å². The Morgan fingerprint density at radius 3 is 2.46 bits per heavy atom. The van der Waals surface area contributed by atoms with E-state index in [4.69, 9.17) is 4.74 Å². The molecule has 0 spiro atoms. The molecule has 0 aliphatic heterocycles. The van der Waals surface area contributed by atoms with Crippen LogP contribution in [0.4, 0.5) is 0 Å². The lowest BCUT2D eigenvalue weighted by molar-refractivity contribution is -0.118. The van der Waals surface area contributed by atoms with E-state index in [-0.39, 0.29) is 17.1 Å². The SMILES string of the molecule is COc1cc(C=CC(=O)C(=Cc2ccncc2)C(C)=O)ccc1O. The molecule has 0 bridgehead atoms. The summed E-state index contributed by atoms with van der Waals surface area (Å²) >= 11 is 0. The molecule has 0 atom stereocenters. The number of aromatic hydroxyl groups is 1. The first-order valence-electron chi connectivity index (χ1n) is 7.23. The molecule has 2 rings (SSSR count). The molecule has 0 fully saturated rings. The number of hydrogen-bond donors (Lipinski definition) is 1. The third-order valence-corrected chi connectivity index (χ3v) is 3.29. The first-order valence-corrected chi connectivity index (χ1v) is 7.23. The Hall–Kier alpha value is -3.21. The third kappa shape index (κ3) is 4.39. The van der Waals surface area contributed by atoms with Crippen LogP contribution in [-0.2, 0) is 9.59 Å². The predicted molar refractivity (Wildman–Crippen MR) is 91.6 cm³/mol. The number of nitrogens with zero attached hydrogens (tertiary/aromatic N) is 1. The van der Waals surface area contributed by atoms with Crippen LogP contribution in [0.5, 0.6) is 11.5 Å². The van der Waals surface area contributed by atoms with Crippen molar-refractivity contribution in [2.45, 2.75) is 6.92 Å². The maximum absolute atomic E-state index is 12.3. The van der Waals surface area contributed by atoms with Gasteiger partial charge in [0.05, 0.1) is 12.7 Å². The average molecular weight is 323 g/mol. The number of rotatable bonds is 6. The molecule has 0 radical (unpaired) electrons. The molecule has 0 saturated heterocycles. The molecule has 1 heterocycles. The summed E-state index contributed by atoms with van der Waals surface area (Å²) in [4.78, 5) is 28.0. The fourth-order valence-electron chi connectivity index (χ4n) is 2.03. The van der Waals surface area contributed by atoms with Gasteiger partial charge < -0.3 is 9.84 Å². The minimum Gasteiger partial charge on any atom is -0.504 e. The maximum Gasteiger partial charge on any atom is 0.189 e. The van der Waals surface area contributed by atoms with Gasteiger partial charge in [-0.15, -0.1) is 0 Å². The van der Waals surface area contributed by atoms with Crippen molar-refractivity contribution in [3.8, 4) is 11.5 Å². The molecule has 2 aromatic rings. The molecule has 1 aromatic carbocycles. The second-order valence-electron chi connectivity index (χ2n) is 5.02. The Balaban J connectivity index is 2.25. The fourth-order valence-corrected chi connectivity index (χ4v) is 2.03. The number of benzene rings is 1. The van der Waals surface area contributed by atoms with Crippen LogP contribution >= 0.6 is 0 Å². The van der Waals surface area contributed by atoms with E-state index in [1.165, 1.54) is 32.3 Å². The van der Waals surface area contributed by atoms with E-state index in [9.17, 15) is 14.7 Å². The third-order valence-electron chi connectivity index (χ3n) is 3.29. The van der Waals surface area contributed by atoms with Crippen molar-refractivity contribution in [2.75, 3.05) is 7.11 Å². The van der Waals surface area contributed by atoms with Crippen molar-refractivity contribution in [1.82, 2.24) is 4.98 Å². The van der Waals surface area contributed by atoms with E-state index in [0.29, 0.717) is 11.3 Å². The van der Waals surface area contributed by atoms with Crippen LogP contribution in [0.2, 0.25) is 0 Å². The maximum atomic E-state index is 12.3. The first kappa shape index (κ1) is 17.1. The van der Waals surface area contributed by atoms with Gasteiger partial charge in [-0.2, -0.15) is 0 Å². The predicted octanol–water partition coefficient (Wildman–Crippen LogP) is 3.05. The highest BCUT2D eigenvalue weighted by molar-refractivity contribution is 6.27. The van der Waals surface area contributed by atoms with Gasteiger partial charge >= 0.3 is 0 Å². The van der Waals surface area contributed by atoms with Gasteiger partial charge in [0.15, 0.2) is 23.1 Å². The molecule has 0 aliphatic carbocycles. The van der Waals surface area contributed by atoms with Crippen molar-refractivity contribution in [2.24, 2.45) is 0 Å². The summed E-state index contributed by atoms with van der Waals surface area (Å²) in [5.41, 5.74) is 1.48. The number of phenols is 1. The summed E-state index contributed by atoms with van der Waals surface area (Å²) in [7, 11) is 1.44. The number of pyridine rings is 1. The van der Waals surface area contributed by atoms with Gasteiger partial charge in [0.1, 0.15) is 0 Å². The van der Waals surface area contributed by atoms with Gasteiger partial charge in [-0.3, -0.25) is 14.6 Å². The highest BCUT2D eigenvalue weighted by Gasteiger charge is 2.11. The molecular weight excluding hydrogens is 306 g/mol. The second-order valence-corrected chi connectivity index (χ2v) is 5.02. The van der Waals surface area contributed by atoms with Crippen LogP contribution in [0.25, 0.3) is 12.2 Å². The number of allylic oxidation sites excluding steroid dienone is 2. The van der Waals surface area contributed by atoms with Gasteiger partial charge in [-0.25, -0.2) is 0 Å². The largest absolute Gasteiger partial charge is 0.504 e. The topological polar surface area (TPSA) is 76.5 Å². The van der Waals surface area contributed by atoms with E-state index < -0.39 is 5.78 Å². The van der Waals surface area contributed by atoms with Crippen LogP contribution in [0.3, 0.4) is 0 Å². The summed E-state index contributed by atoms with van der Waals surface area (Å²) in [5, 5.41) is 9.56. The minimum absolute atomic E-state index is 0.0167. The van der Waals surface area contributed by atoms with Gasteiger partial charge in [0, 0.05) is 12.4 Å². The van der Waals surface area contributed by atoms with E-state index in [1.807, 2.05) is 0 Å². The number of phenolic OH excluding ortho intramolecular Hbond substituents is 1. The zero-order valence-electron chi connectivity index (χ0n) is 13.4. The lowest BCUT2D eigenvalue weighted by atomic mass is 10.0. The molecule has 1 aromatic heterocycles. The van der Waals surface area contributed by atoms with Gasteiger partial charge in [0.2, 0.25) is 0 Å². The quantitative estimate of drug-likeness (QED) is 0.502. The Morgan fingerprint density at radius 1 is 1.12 bits per heavy atom. The minimum atomic E-state index is -0.397. The molecule has 5 heteroatoms. The summed E-state index contributed by atoms with van der Waals surface area (Å²) < 4.78 is 5.02. The highest BCUT2D eigenvalue weighted by atomic mass is 16.5. The van der Waals surface area contributed by atoms with Crippen LogP contribution in [0, 0.1) is 0 Å². The molecule has 1 N–H and O–H groups in total. The number of ketones is 2. The van der Waals surface area contributed by atoms with Crippen molar-refractivity contribution in [1.29, 1.82) is 0 Å². The van der Waals surface area contributed by atoms with Gasteiger partial charge in [-0.1, -0.05) is 12.1 Å². The van der Waals surface area contributed by atoms with Gasteiger partial charge in [0.25, 0.3) is 0 Å².